The number of hydrogen-bond acceptors (Lipinski definition) is 7. The summed E-state index contributed by atoms with van der Waals surface area (Å²) in [5.41, 5.74) is 2.35. The molecule has 1 aliphatic rings. The average Bonchev–Trinajstić information content (AvgIpc) is 3.39. The fraction of sp³-hybridized carbons (Fsp3) is 0.421. The van der Waals surface area contributed by atoms with Gasteiger partial charge in [0.05, 0.1) is 12.2 Å². The van der Waals surface area contributed by atoms with E-state index in [-0.39, 0.29) is 6.10 Å². The maximum Gasteiger partial charge on any atom is 0.255 e. The molecule has 1 atom stereocenters. The Balaban J connectivity index is 1.49. The molecule has 4 heterocycles. The first-order chi connectivity index (χ1) is 12.8. The summed E-state index contributed by atoms with van der Waals surface area (Å²) < 4.78 is 11.1. The first-order valence-electron chi connectivity index (χ1n) is 8.87. The molecule has 0 unspecified atom stereocenters. The molecule has 0 N–H and O–H groups in total. The molecule has 0 saturated carbocycles. The van der Waals surface area contributed by atoms with Gasteiger partial charge in [-0.25, -0.2) is 0 Å². The Kier molecular flexibility index (Phi) is 5.38. The summed E-state index contributed by atoms with van der Waals surface area (Å²) in [4.78, 5) is 12.7. The van der Waals surface area contributed by atoms with Gasteiger partial charge in [0.25, 0.3) is 5.89 Å². The maximum absolute atomic E-state index is 5.64. The Morgan fingerprint density at radius 3 is 2.92 bits per heavy atom. The van der Waals surface area contributed by atoms with Gasteiger partial charge in [0.2, 0.25) is 0 Å². The Bertz CT molecular complexity index is 827. The lowest BCUT2D eigenvalue weighted by Crippen LogP contribution is -2.23. The van der Waals surface area contributed by atoms with E-state index >= 15 is 0 Å². The van der Waals surface area contributed by atoms with Gasteiger partial charge in [0.15, 0.2) is 5.82 Å². The Morgan fingerprint density at radius 1 is 1.23 bits per heavy atom. The summed E-state index contributed by atoms with van der Waals surface area (Å²) in [5.74, 6) is 1.29. The first kappa shape index (κ1) is 17.3. The number of nitrogens with zero attached hydrogens (tertiary/aromatic N) is 4. The molecule has 0 radical (unpaired) electrons. The molecule has 1 aliphatic heterocycles. The maximum atomic E-state index is 5.64. The van der Waals surface area contributed by atoms with Crippen LogP contribution in [-0.2, 0) is 24.4 Å². The van der Waals surface area contributed by atoms with E-state index in [1.807, 2.05) is 24.4 Å². The minimum atomic E-state index is -0.0416. The zero-order chi connectivity index (χ0) is 17.8. The van der Waals surface area contributed by atoms with Crippen LogP contribution in [0, 0.1) is 6.92 Å². The minimum Gasteiger partial charge on any atom is -0.368 e. The number of rotatable bonds is 7. The quantitative estimate of drug-likeness (QED) is 0.629. The van der Waals surface area contributed by atoms with Crippen molar-refractivity contribution in [1.82, 2.24) is 20.0 Å². The number of hydrogen-bond donors (Lipinski definition) is 0. The molecule has 0 aromatic carbocycles. The molecular formula is C19H22N4O2S. The lowest BCUT2D eigenvalue weighted by molar-refractivity contribution is 0.0835. The van der Waals surface area contributed by atoms with Crippen molar-refractivity contribution >= 4 is 11.3 Å². The highest BCUT2D eigenvalue weighted by atomic mass is 32.1. The van der Waals surface area contributed by atoms with Crippen LogP contribution in [0.4, 0.5) is 0 Å². The molecule has 1 saturated heterocycles. The molecule has 1 fully saturated rings. The predicted molar refractivity (Wildman–Crippen MR) is 98.5 cm³/mol. The second-order valence-corrected chi connectivity index (χ2v) is 7.54. The molecule has 3 aromatic rings. The van der Waals surface area contributed by atoms with E-state index in [0.29, 0.717) is 18.3 Å². The third-order valence-electron chi connectivity index (χ3n) is 4.50. The van der Waals surface area contributed by atoms with Crippen LogP contribution in [0.3, 0.4) is 0 Å². The van der Waals surface area contributed by atoms with Crippen LogP contribution in [-0.4, -0.2) is 26.6 Å². The number of aryl methyl sites for hydroxylation is 1. The van der Waals surface area contributed by atoms with E-state index in [4.69, 9.17) is 9.26 Å². The zero-order valence-corrected chi connectivity index (χ0v) is 15.6. The molecule has 3 aromatic heterocycles. The summed E-state index contributed by atoms with van der Waals surface area (Å²) in [5, 5.41) is 6.30. The fourth-order valence-corrected chi connectivity index (χ4v) is 4.04. The van der Waals surface area contributed by atoms with E-state index in [0.717, 1.165) is 38.2 Å². The molecular weight excluding hydrogens is 348 g/mol. The molecule has 136 valence electrons. The van der Waals surface area contributed by atoms with Gasteiger partial charge in [-0.15, -0.1) is 11.3 Å². The number of thiophene rings is 1. The first-order valence-corrected chi connectivity index (χ1v) is 9.75. The lowest BCUT2D eigenvalue weighted by atomic mass is 10.2. The standard InChI is InChI=1S/C19H22N4O2S/c1-14-7-10-26-17(14)12-23(11-15-5-2-3-8-20-15)13-18-21-19(25-22-18)16-6-4-9-24-16/h2-3,5,7-8,10,16H,4,6,9,11-13H2,1H3/t16-/m0/s1. The molecule has 0 bridgehead atoms. The van der Waals surface area contributed by atoms with E-state index in [1.165, 1.54) is 10.4 Å². The van der Waals surface area contributed by atoms with Crippen LogP contribution < -0.4 is 0 Å². The highest BCUT2D eigenvalue weighted by Gasteiger charge is 2.24. The molecule has 0 amide bonds. The molecule has 0 aliphatic carbocycles. The summed E-state index contributed by atoms with van der Waals surface area (Å²) in [7, 11) is 0. The smallest absolute Gasteiger partial charge is 0.255 e. The molecule has 26 heavy (non-hydrogen) atoms. The van der Waals surface area contributed by atoms with Gasteiger partial charge in [0, 0.05) is 30.8 Å². The lowest BCUT2D eigenvalue weighted by Gasteiger charge is -2.20. The largest absolute Gasteiger partial charge is 0.368 e. The van der Waals surface area contributed by atoms with Gasteiger partial charge >= 0.3 is 0 Å². The van der Waals surface area contributed by atoms with Gasteiger partial charge in [0.1, 0.15) is 6.10 Å². The number of aromatic nitrogens is 3. The van der Waals surface area contributed by atoms with Gasteiger partial charge in [-0.1, -0.05) is 11.2 Å². The van der Waals surface area contributed by atoms with E-state index < -0.39 is 0 Å². The predicted octanol–water partition coefficient (Wildman–Crippen LogP) is 3.89. The molecule has 0 spiro atoms. The van der Waals surface area contributed by atoms with E-state index in [1.54, 1.807) is 11.3 Å². The van der Waals surface area contributed by atoms with Crippen molar-refractivity contribution < 1.29 is 9.26 Å². The molecule has 7 heteroatoms. The third-order valence-corrected chi connectivity index (χ3v) is 5.51. The summed E-state index contributed by atoms with van der Waals surface area (Å²) in [6.07, 6.45) is 3.79. The second-order valence-electron chi connectivity index (χ2n) is 6.54. The van der Waals surface area contributed by atoms with Crippen molar-refractivity contribution in [2.75, 3.05) is 6.61 Å². The van der Waals surface area contributed by atoms with Crippen molar-refractivity contribution in [3.05, 3.63) is 63.7 Å². The second kappa shape index (κ2) is 8.07. The van der Waals surface area contributed by atoms with Gasteiger partial charge in [-0.05, 0) is 48.9 Å². The van der Waals surface area contributed by atoms with Crippen molar-refractivity contribution in [3.63, 3.8) is 0 Å². The average molecular weight is 370 g/mol. The number of pyridine rings is 1. The Labute approximate surface area is 156 Å². The summed E-state index contributed by atoms with van der Waals surface area (Å²) in [6.45, 7) is 5.11. The highest BCUT2D eigenvalue weighted by molar-refractivity contribution is 7.10. The Hall–Kier alpha value is -2.09. The van der Waals surface area contributed by atoms with Crippen LogP contribution in [0.5, 0.6) is 0 Å². The third kappa shape index (κ3) is 4.17. The van der Waals surface area contributed by atoms with Crippen molar-refractivity contribution in [2.24, 2.45) is 0 Å². The highest BCUT2D eigenvalue weighted by Crippen LogP contribution is 2.27. The topological polar surface area (TPSA) is 64.3 Å². The van der Waals surface area contributed by atoms with Gasteiger partial charge < -0.3 is 9.26 Å². The normalized spacial score (nSPS) is 17.2. The summed E-state index contributed by atoms with van der Waals surface area (Å²) in [6, 6.07) is 8.15. The van der Waals surface area contributed by atoms with Crippen LogP contribution in [0.25, 0.3) is 0 Å². The SMILES string of the molecule is Cc1ccsc1CN(Cc1ccccn1)Cc1noc([C@@H]2CCCO2)n1. The monoisotopic (exact) mass is 370 g/mol. The van der Waals surface area contributed by atoms with Crippen molar-refractivity contribution in [3.8, 4) is 0 Å². The Morgan fingerprint density at radius 2 is 2.19 bits per heavy atom. The van der Waals surface area contributed by atoms with Crippen LogP contribution in [0.2, 0.25) is 0 Å². The van der Waals surface area contributed by atoms with Crippen molar-refractivity contribution in [1.29, 1.82) is 0 Å². The fourth-order valence-electron chi connectivity index (χ4n) is 3.09. The van der Waals surface area contributed by atoms with Crippen LogP contribution in [0.15, 0.2) is 40.4 Å². The van der Waals surface area contributed by atoms with Crippen LogP contribution >= 0.6 is 11.3 Å². The zero-order valence-electron chi connectivity index (χ0n) is 14.8. The van der Waals surface area contributed by atoms with Gasteiger partial charge in [-0.3, -0.25) is 9.88 Å². The van der Waals surface area contributed by atoms with Crippen LogP contribution in [0.1, 0.15) is 46.8 Å². The summed E-state index contributed by atoms with van der Waals surface area (Å²) >= 11 is 1.78. The minimum absolute atomic E-state index is 0.0416. The number of ether oxygens (including phenoxy) is 1. The molecule has 6 nitrogen and oxygen atoms in total. The van der Waals surface area contributed by atoms with Gasteiger partial charge in [-0.2, -0.15) is 4.98 Å². The van der Waals surface area contributed by atoms with E-state index in [2.05, 4.69) is 38.4 Å². The molecule has 4 rings (SSSR count). The van der Waals surface area contributed by atoms with E-state index in [9.17, 15) is 0 Å². The van der Waals surface area contributed by atoms with Crippen molar-refractivity contribution in [2.45, 2.75) is 45.5 Å².